The highest BCUT2D eigenvalue weighted by Gasteiger charge is 2.39. The molecule has 0 bridgehead atoms. The van der Waals surface area contributed by atoms with E-state index >= 15 is 0 Å². The van der Waals surface area contributed by atoms with Crippen LogP contribution in [-0.4, -0.2) is 49.3 Å². The average Bonchev–Trinajstić information content (AvgIpc) is 3.06. The molecule has 2 rings (SSSR count). The molecule has 2 heterocycles. The van der Waals surface area contributed by atoms with Crippen LogP contribution in [0, 0.1) is 0 Å². The van der Waals surface area contributed by atoms with Gasteiger partial charge in [-0.15, -0.1) is 11.3 Å². The molecule has 1 aromatic rings. The number of rotatable bonds is 4. The molecule has 0 radical (unpaired) electrons. The van der Waals surface area contributed by atoms with Crippen LogP contribution in [-0.2, 0) is 14.8 Å². The van der Waals surface area contributed by atoms with Gasteiger partial charge in [0.2, 0.25) is 5.91 Å². The van der Waals surface area contributed by atoms with Gasteiger partial charge in [-0.25, -0.2) is 13.2 Å². The molecular formula is C11H14N2O5S2. The first-order valence-electron chi connectivity index (χ1n) is 5.94. The molecule has 9 heteroatoms. The molecule has 1 aliphatic rings. The van der Waals surface area contributed by atoms with E-state index in [1.165, 1.54) is 19.2 Å². The maximum absolute atomic E-state index is 12.5. The first-order chi connectivity index (χ1) is 9.37. The van der Waals surface area contributed by atoms with Gasteiger partial charge in [-0.1, -0.05) is 0 Å². The summed E-state index contributed by atoms with van der Waals surface area (Å²) in [7, 11) is -2.37. The molecule has 2 N–H and O–H groups in total. The Labute approximate surface area is 120 Å². The standard InChI is InChI=1S/C11H14N2O5S2/c1-12-10(14)7-3-2-6-13(7)20(17,18)9-5-4-8(19-9)11(15)16/h4-5,7H,2-3,6H2,1H3,(H,12,14)(H,15,16). The number of aromatic carboxylic acids is 1. The second kappa shape index (κ2) is 5.51. The van der Waals surface area contributed by atoms with Gasteiger partial charge in [0.15, 0.2) is 0 Å². The number of likely N-dealkylation sites (N-methyl/N-ethyl adjacent to an activating group) is 1. The van der Waals surface area contributed by atoms with E-state index in [1.807, 2.05) is 0 Å². The fraction of sp³-hybridized carbons (Fsp3) is 0.455. The van der Waals surface area contributed by atoms with Gasteiger partial charge >= 0.3 is 5.97 Å². The van der Waals surface area contributed by atoms with Gasteiger partial charge < -0.3 is 10.4 Å². The molecule has 1 fully saturated rings. The summed E-state index contributed by atoms with van der Waals surface area (Å²) in [5.41, 5.74) is 0. The third-order valence-electron chi connectivity index (χ3n) is 3.11. The summed E-state index contributed by atoms with van der Waals surface area (Å²) < 4.78 is 26.0. The summed E-state index contributed by atoms with van der Waals surface area (Å²) in [6.45, 7) is 0.265. The minimum atomic E-state index is -3.83. The molecule has 1 aromatic heterocycles. The van der Waals surface area contributed by atoms with Gasteiger partial charge in [-0.2, -0.15) is 4.31 Å². The fourth-order valence-electron chi connectivity index (χ4n) is 2.15. The van der Waals surface area contributed by atoms with E-state index in [9.17, 15) is 18.0 Å². The van der Waals surface area contributed by atoms with Crippen molar-refractivity contribution in [2.45, 2.75) is 23.1 Å². The number of nitrogens with one attached hydrogen (secondary N) is 1. The minimum Gasteiger partial charge on any atom is -0.477 e. The van der Waals surface area contributed by atoms with E-state index in [0.29, 0.717) is 24.2 Å². The van der Waals surface area contributed by atoms with Gasteiger partial charge in [0.25, 0.3) is 10.0 Å². The third-order valence-corrected chi connectivity index (χ3v) is 6.56. The molecule has 1 saturated heterocycles. The number of carbonyl (C=O) groups is 2. The SMILES string of the molecule is CNC(=O)C1CCCN1S(=O)(=O)c1ccc(C(=O)O)s1. The lowest BCUT2D eigenvalue weighted by Crippen LogP contribution is -2.44. The van der Waals surface area contributed by atoms with Crippen LogP contribution < -0.4 is 5.32 Å². The van der Waals surface area contributed by atoms with Gasteiger partial charge in [0.05, 0.1) is 0 Å². The maximum Gasteiger partial charge on any atom is 0.345 e. The van der Waals surface area contributed by atoms with Crippen LogP contribution >= 0.6 is 11.3 Å². The molecule has 7 nitrogen and oxygen atoms in total. The molecule has 20 heavy (non-hydrogen) atoms. The highest BCUT2D eigenvalue weighted by molar-refractivity contribution is 7.91. The van der Waals surface area contributed by atoms with Gasteiger partial charge in [0, 0.05) is 13.6 Å². The van der Waals surface area contributed by atoms with Crippen molar-refractivity contribution in [3.63, 3.8) is 0 Å². The summed E-state index contributed by atoms with van der Waals surface area (Å²) >= 11 is 0.695. The molecule has 1 atom stereocenters. The third kappa shape index (κ3) is 2.56. The minimum absolute atomic E-state index is 0.0423. The van der Waals surface area contributed by atoms with Gasteiger partial charge in [-0.05, 0) is 25.0 Å². The van der Waals surface area contributed by atoms with Crippen LogP contribution in [0.2, 0.25) is 0 Å². The second-order valence-corrected chi connectivity index (χ2v) is 7.51. The van der Waals surface area contributed by atoms with Gasteiger partial charge in [0.1, 0.15) is 15.1 Å². The van der Waals surface area contributed by atoms with Crippen molar-refractivity contribution >= 4 is 33.2 Å². The van der Waals surface area contributed by atoms with E-state index in [0.717, 1.165) is 4.31 Å². The fourth-order valence-corrected chi connectivity index (χ4v) is 5.08. The Bertz CT molecular complexity index is 637. The molecule has 0 aliphatic carbocycles. The average molecular weight is 318 g/mol. The highest BCUT2D eigenvalue weighted by Crippen LogP contribution is 2.30. The molecule has 1 aliphatic heterocycles. The number of carboxylic acids is 1. The monoisotopic (exact) mass is 318 g/mol. The summed E-state index contributed by atoms with van der Waals surface area (Å²) in [5.74, 6) is -1.51. The van der Waals surface area contributed by atoms with E-state index < -0.39 is 22.0 Å². The predicted octanol–water partition coefficient (Wildman–Crippen LogP) is 0.345. The predicted molar refractivity (Wildman–Crippen MR) is 72.3 cm³/mol. The van der Waals surface area contributed by atoms with Crippen molar-refractivity contribution < 1.29 is 23.1 Å². The smallest absolute Gasteiger partial charge is 0.345 e. The zero-order valence-electron chi connectivity index (χ0n) is 10.7. The Morgan fingerprint density at radius 3 is 2.70 bits per heavy atom. The number of hydrogen-bond donors (Lipinski definition) is 2. The maximum atomic E-state index is 12.5. The summed E-state index contributed by atoms with van der Waals surface area (Å²) in [5, 5.41) is 11.3. The van der Waals surface area contributed by atoms with Gasteiger partial charge in [-0.3, -0.25) is 4.79 Å². The molecule has 110 valence electrons. The highest BCUT2D eigenvalue weighted by atomic mass is 32.2. The van der Waals surface area contributed by atoms with Crippen molar-refractivity contribution in [1.29, 1.82) is 0 Å². The number of carboxylic acid groups (broad SMARTS) is 1. The molecular weight excluding hydrogens is 304 g/mol. The van der Waals surface area contributed by atoms with Crippen molar-refractivity contribution in [1.82, 2.24) is 9.62 Å². The quantitative estimate of drug-likeness (QED) is 0.833. The largest absolute Gasteiger partial charge is 0.477 e. The van der Waals surface area contributed by atoms with Crippen LogP contribution in [0.5, 0.6) is 0 Å². The molecule has 0 aromatic carbocycles. The van der Waals surface area contributed by atoms with Crippen molar-refractivity contribution in [3.05, 3.63) is 17.0 Å². The Morgan fingerprint density at radius 2 is 2.15 bits per heavy atom. The van der Waals surface area contributed by atoms with Crippen LogP contribution in [0.1, 0.15) is 22.5 Å². The number of hydrogen-bond acceptors (Lipinski definition) is 5. The van der Waals surface area contributed by atoms with Crippen molar-refractivity contribution in [2.24, 2.45) is 0 Å². The normalized spacial score (nSPS) is 19.9. The Morgan fingerprint density at radius 1 is 1.45 bits per heavy atom. The second-order valence-electron chi connectivity index (χ2n) is 4.31. The summed E-state index contributed by atoms with van der Waals surface area (Å²) in [6.07, 6.45) is 1.07. The van der Waals surface area contributed by atoms with Crippen LogP contribution in [0.25, 0.3) is 0 Å². The lowest BCUT2D eigenvalue weighted by Gasteiger charge is -2.21. The molecule has 0 spiro atoms. The number of nitrogens with zero attached hydrogens (tertiary/aromatic N) is 1. The zero-order chi connectivity index (χ0) is 14.9. The van der Waals surface area contributed by atoms with E-state index in [1.54, 1.807) is 0 Å². The molecule has 0 saturated carbocycles. The Hall–Kier alpha value is -1.45. The van der Waals surface area contributed by atoms with Crippen molar-refractivity contribution in [3.8, 4) is 0 Å². The number of thiophene rings is 1. The number of carbonyl (C=O) groups excluding carboxylic acids is 1. The van der Waals surface area contributed by atoms with Crippen LogP contribution in [0.15, 0.2) is 16.3 Å². The number of amides is 1. The van der Waals surface area contributed by atoms with E-state index in [-0.39, 0.29) is 21.5 Å². The van der Waals surface area contributed by atoms with E-state index in [4.69, 9.17) is 5.11 Å². The topological polar surface area (TPSA) is 104 Å². The van der Waals surface area contributed by atoms with E-state index in [2.05, 4.69) is 5.32 Å². The Kier molecular flexibility index (Phi) is 4.11. The van der Waals surface area contributed by atoms with Crippen LogP contribution in [0.4, 0.5) is 0 Å². The van der Waals surface area contributed by atoms with Crippen LogP contribution in [0.3, 0.4) is 0 Å². The lowest BCUT2D eigenvalue weighted by molar-refractivity contribution is -0.123. The Balaban J connectivity index is 2.33. The lowest BCUT2D eigenvalue weighted by atomic mass is 10.2. The molecule has 1 unspecified atom stereocenters. The summed E-state index contributed by atoms with van der Waals surface area (Å²) in [6, 6.07) is 1.80. The first kappa shape index (κ1) is 14.9. The first-order valence-corrected chi connectivity index (χ1v) is 8.20. The number of sulfonamides is 1. The molecule has 1 amide bonds. The summed E-state index contributed by atoms with van der Waals surface area (Å²) in [4.78, 5) is 22.5. The zero-order valence-corrected chi connectivity index (χ0v) is 12.3. The van der Waals surface area contributed by atoms with Crippen molar-refractivity contribution in [2.75, 3.05) is 13.6 Å².